The summed E-state index contributed by atoms with van der Waals surface area (Å²) >= 11 is 0. The van der Waals surface area contributed by atoms with Gasteiger partial charge >= 0.3 is 5.97 Å². The molecule has 0 saturated heterocycles. The molecule has 0 atom stereocenters. The Labute approximate surface area is 146 Å². The van der Waals surface area contributed by atoms with Gasteiger partial charge in [0.2, 0.25) is 5.95 Å². The van der Waals surface area contributed by atoms with E-state index in [4.69, 9.17) is 16.4 Å². The van der Waals surface area contributed by atoms with Crippen molar-refractivity contribution in [3.63, 3.8) is 0 Å². The van der Waals surface area contributed by atoms with E-state index >= 15 is 0 Å². The second-order valence-corrected chi connectivity index (χ2v) is 6.24. The van der Waals surface area contributed by atoms with Crippen molar-refractivity contribution < 1.29 is 9.53 Å². The van der Waals surface area contributed by atoms with Crippen molar-refractivity contribution in [2.75, 3.05) is 11.9 Å². The first-order valence-electron chi connectivity index (χ1n) is 7.62. The van der Waals surface area contributed by atoms with Crippen LogP contribution in [-0.4, -0.2) is 28.1 Å². The minimum atomic E-state index is -0.566. The predicted octanol–water partition coefficient (Wildman–Crippen LogP) is 2.75. The number of carbonyl (C=O) groups is 1. The van der Waals surface area contributed by atoms with Crippen molar-refractivity contribution in [3.05, 3.63) is 41.6 Å². The maximum Gasteiger partial charge on any atom is 0.325 e. The van der Waals surface area contributed by atoms with Gasteiger partial charge < -0.3 is 10.1 Å². The molecule has 1 heterocycles. The van der Waals surface area contributed by atoms with Gasteiger partial charge in [0.25, 0.3) is 0 Å². The van der Waals surface area contributed by atoms with E-state index in [0.717, 1.165) is 5.56 Å². The highest BCUT2D eigenvalue weighted by molar-refractivity contribution is 5.75. The van der Waals surface area contributed by atoms with Crippen LogP contribution in [0.1, 0.15) is 32.0 Å². The van der Waals surface area contributed by atoms with Gasteiger partial charge in [0.1, 0.15) is 17.8 Å². The fourth-order valence-electron chi connectivity index (χ4n) is 2.03. The lowest BCUT2D eigenvalue weighted by atomic mass is 10.1. The van der Waals surface area contributed by atoms with Gasteiger partial charge in [-0.1, -0.05) is 18.1 Å². The molecule has 0 amide bonds. The molecule has 1 N–H and O–H groups in total. The van der Waals surface area contributed by atoms with Crippen LogP contribution in [-0.2, 0) is 9.53 Å². The number of nitrogens with one attached hydrogen (secondary N) is 1. The van der Waals surface area contributed by atoms with Crippen LogP contribution in [0.5, 0.6) is 0 Å². The SMILES string of the molecule is C#Cc1cc(-c2cccc(C#N)c2)nc(NCC(=O)OC(C)(C)C)n1. The van der Waals surface area contributed by atoms with Crippen molar-refractivity contribution in [1.82, 2.24) is 9.97 Å². The normalized spacial score (nSPS) is 10.4. The molecule has 0 spiro atoms. The van der Waals surface area contributed by atoms with Gasteiger partial charge in [-0.15, -0.1) is 6.42 Å². The summed E-state index contributed by atoms with van der Waals surface area (Å²) in [6.07, 6.45) is 5.45. The highest BCUT2D eigenvalue weighted by atomic mass is 16.6. The fraction of sp³-hybridized carbons (Fsp3) is 0.263. The Hall–Kier alpha value is -3.38. The number of carbonyl (C=O) groups excluding carboxylic acids is 1. The summed E-state index contributed by atoms with van der Waals surface area (Å²) in [5.41, 5.74) is 1.62. The molecule has 0 bridgehead atoms. The van der Waals surface area contributed by atoms with Crippen molar-refractivity contribution in [3.8, 4) is 29.7 Å². The maximum atomic E-state index is 11.8. The van der Waals surface area contributed by atoms with E-state index in [0.29, 0.717) is 17.0 Å². The number of terminal acetylenes is 1. The molecule has 6 heteroatoms. The van der Waals surface area contributed by atoms with Gasteiger partial charge in [0.15, 0.2) is 0 Å². The number of anilines is 1. The zero-order chi connectivity index (χ0) is 18.4. The molecule has 1 aromatic carbocycles. The first kappa shape index (κ1) is 18.0. The molecular formula is C19H18N4O2. The number of benzene rings is 1. The molecule has 0 saturated carbocycles. The van der Waals surface area contributed by atoms with Crippen molar-refractivity contribution in [2.24, 2.45) is 0 Å². The molecule has 0 unspecified atom stereocenters. The summed E-state index contributed by atoms with van der Waals surface area (Å²) in [6.45, 7) is 5.30. The standard InChI is InChI=1S/C19H18N4O2/c1-5-15-10-16(14-8-6-7-13(9-14)11-20)23-18(22-15)21-12-17(24)25-19(2,3)4/h1,6-10H,12H2,2-4H3,(H,21,22,23). The highest BCUT2D eigenvalue weighted by Gasteiger charge is 2.16. The molecule has 0 aliphatic heterocycles. The Morgan fingerprint density at radius 1 is 1.32 bits per heavy atom. The van der Waals surface area contributed by atoms with Crippen LogP contribution < -0.4 is 5.32 Å². The topological polar surface area (TPSA) is 87.9 Å². The number of nitriles is 1. The van der Waals surface area contributed by atoms with Gasteiger partial charge in [-0.05, 0) is 39.0 Å². The minimum absolute atomic E-state index is 0.0804. The smallest absolute Gasteiger partial charge is 0.325 e. The Kier molecular flexibility index (Phi) is 5.36. The van der Waals surface area contributed by atoms with Crippen LogP contribution in [0.2, 0.25) is 0 Å². The summed E-state index contributed by atoms with van der Waals surface area (Å²) in [5.74, 6) is 2.26. The molecule has 0 aliphatic rings. The third-order valence-electron chi connectivity index (χ3n) is 2.97. The first-order chi connectivity index (χ1) is 11.8. The molecule has 25 heavy (non-hydrogen) atoms. The van der Waals surface area contributed by atoms with E-state index in [-0.39, 0.29) is 12.5 Å². The number of ether oxygens (including phenoxy) is 1. The van der Waals surface area contributed by atoms with E-state index in [1.165, 1.54) is 0 Å². The van der Waals surface area contributed by atoms with Gasteiger partial charge in [-0.25, -0.2) is 9.97 Å². The molecule has 0 fully saturated rings. The highest BCUT2D eigenvalue weighted by Crippen LogP contribution is 2.20. The third-order valence-corrected chi connectivity index (χ3v) is 2.97. The predicted molar refractivity (Wildman–Crippen MR) is 94.5 cm³/mol. The molecule has 2 rings (SSSR count). The summed E-state index contributed by atoms with van der Waals surface area (Å²) in [5, 5.41) is 11.8. The van der Waals surface area contributed by atoms with Crippen molar-refractivity contribution in [2.45, 2.75) is 26.4 Å². The summed E-state index contributed by atoms with van der Waals surface area (Å²) < 4.78 is 5.23. The van der Waals surface area contributed by atoms with Crippen LogP contribution in [0.15, 0.2) is 30.3 Å². The number of aromatic nitrogens is 2. The first-order valence-corrected chi connectivity index (χ1v) is 7.62. The molecule has 1 aromatic heterocycles. The average Bonchev–Trinajstić information content (AvgIpc) is 2.58. The fourth-order valence-corrected chi connectivity index (χ4v) is 2.03. The Morgan fingerprint density at radius 3 is 2.72 bits per heavy atom. The summed E-state index contributed by atoms with van der Waals surface area (Å²) in [4.78, 5) is 20.3. The molecule has 126 valence electrons. The number of nitrogens with zero attached hydrogens (tertiary/aromatic N) is 3. The Bertz CT molecular complexity index is 870. The van der Waals surface area contributed by atoms with Gasteiger partial charge in [-0.2, -0.15) is 5.26 Å². The Balaban J connectivity index is 2.24. The summed E-state index contributed by atoms with van der Waals surface area (Å²) in [7, 11) is 0. The number of hydrogen-bond acceptors (Lipinski definition) is 6. The monoisotopic (exact) mass is 334 g/mol. The van der Waals surface area contributed by atoms with Crippen molar-refractivity contribution in [1.29, 1.82) is 5.26 Å². The second kappa shape index (κ2) is 7.46. The zero-order valence-corrected chi connectivity index (χ0v) is 14.3. The van der Waals surface area contributed by atoms with Crippen LogP contribution in [0.3, 0.4) is 0 Å². The number of hydrogen-bond donors (Lipinski definition) is 1. The quantitative estimate of drug-likeness (QED) is 0.683. The lowest BCUT2D eigenvalue weighted by Gasteiger charge is -2.19. The van der Waals surface area contributed by atoms with Crippen LogP contribution in [0.25, 0.3) is 11.3 Å². The van der Waals surface area contributed by atoms with E-state index < -0.39 is 11.6 Å². The van der Waals surface area contributed by atoms with E-state index in [1.54, 1.807) is 45.0 Å². The maximum absolute atomic E-state index is 11.8. The van der Waals surface area contributed by atoms with E-state index in [1.807, 2.05) is 6.07 Å². The van der Waals surface area contributed by atoms with Crippen LogP contribution in [0, 0.1) is 23.7 Å². The van der Waals surface area contributed by atoms with Gasteiger partial charge in [0.05, 0.1) is 17.3 Å². The van der Waals surface area contributed by atoms with Gasteiger partial charge in [0, 0.05) is 5.56 Å². The molecule has 6 nitrogen and oxygen atoms in total. The average molecular weight is 334 g/mol. The second-order valence-electron chi connectivity index (χ2n) is 6.24. The minimum Gasteiger partial charge on any atom is -0.459 e. The molecule has 0 aliphatic carbocycles. The molecular weight excluding hydrogens is 316 g/mol. The molecule has 0 radical (unpaired) electrons. The number of rotatable bonds is 4. The summed E-state index contributed by atoms with van der Waals surface area (Å²) in [6, 6.07) is 10.7. The van der Waals surface area contributed by atoms with Crippen LogP contribution in [0.4, 0.5) is 5.95 Å². The number of esters is 1. The molecule has 2 aromatic rings. The van der Waals surface area contributed by atoms with Crippen LogP contribution >= 0.6 is 0 Å². The van der Waals surface area contributed by atoms with Crippen molar-refractivity contribution >= 4 is 11.9 Å². The lowest BCUT2D eigenvalue weighted by Crippen LogP contribution is -2.28. The largest absolute Gasteiger partial charge is 0.459 e. The zero-order valence-electron chi connectivity index (χ0n) is 14.3. The van der Waals surface area contributed by atoms with Gasteiger partial charge in [-0.3, -0.25) is 4.79 Å². The van der Waals surface area contributed by atoms with E-state index in [2.05, 4.69) is 27.3 Å². The third kappa shape index (κ3) is 5.33. The Morgan fingerprint density at radius 2 is 2.08 bits per heavy atom. The van der Waals surface area contributed by atoms with E-state index in [9.17, 15) is 4.79 Å². The lowest BCUT2D eigenvalue weighted by molar-refractivity contribution is -0.152.